The molecule has 0 aliphatic rings. The maximum atomic E-state index is 12.9. The van der Waals surface area contributed by atoms with Crippen molar-refractivity contribution in [3.05, 3.63) is 36.5 Å². The first-order chi connectivity index (χ1) is 38.5. The molecule has 0 aliphatic heterocycles. The number of carbonyl (C=O) groups is 3. The summed E-state index contributed by atoms with van der Waals surface area (Å²) >= 11 is 0. The molecule has 0 amide bonds. The Morgan fingerprint density at radius 3 is 0.718 bits per heavy atom. The number of esters is 3. The first-order valence-corrected chi connectivity index (χ1v) is 35.0. The third-order valence-electron chi connectivity index (χ3n) is 15.9. The molecule has 78 heavy (non-hydrogen) atoms. The van der Waals surface area contributed by atoms with Crippen LogP contribution < -0.4 is 0 Å². The van der Waals surface area contributed by atoms with E-state index in [4.69, 9.17) is 14.2 Å². The molecule has 0 radical (unpaired) electrons. The van der Waals surface area contributed by atoms with Crippen LogP contribution in [0.25, 0.3) is 0 Å². The van der Waals surface area contributed by atoms with Crippen molar-refractivity contribution >= 4 is 17.9 Å². The minimum Gasteiger partial charge on any atom is -0.462 e. The molecule has 0 heterocycles. The van der Waals surface area contributed by atoms with E-state index in [1.807, 2.05) is 0 Å². The van der Waals surface area contributed by atoms with E-state index in [1.54, 1.807) is 0 Å². The van der Waals surface area contributed by atoms with Crippen molar-refractivity contribution < 1.29 is 28.6 Å². The van der Waals surface area contributed by atoms with Crippen molar-refractivity contribution in [1.29, 1.82) is 0 Å². The molecule has 0 saturated carbocycles. The van der Waals surface area contributed by atoms with Crippen molar-refractivity contribution in [2.45, 2.75) is 393 Å². The largest absolute Gasteiger partial charge is 0.462 e. The third kappa shape index (κ3) is 64.5. The molecule has 6 nitrogen and oxygen atoms in total. The summed E-state index contributed by atoms with van der Waals surface area (Å²) in [6.45, 7) is 6.66. The standard InChI is InChI=1S/C72H134O6/c1-4-7-10-13-16-19-21-23-25-27-29-31-32-33-34-35-36-37-38-39-40-42-43-45-47-49-51-53-56-59-62-65-71(74)77-68-69(67-76-70(73)64-61-58-55-18-15-12-9-6-3)78-72(75)66-63-60-57-54-52-50-48-46-44-41-30-28-26-24-22-20-17-14-11-8-5-2/h21,23,27-30,69H,4-20,22,24-26,31-68H2,1-3H3/b23-21-,29-27-,30-28-. The van der Waals surface area contributed by atoms with Crippen molar-refractivity contribution in [2.24, 2.45) is 0 Å². The molecule has 1 atom stereocenters. The molecule has 0 saturated heterocycles. The van der Waals surface area contributed by atoms with E-state index >= 15 is 0 Å². The summed E-state index contributed by atoms with van der Waals surface area (Å²) in [4.78, 5) is 38.2. The summed E-state index contributed by atoms with van der Waals surface area (Å²) in [6, 6.07) is 0. The van der Waals surface area contributed by atoms with Crippen LogP contribution in [0.5, 0.6) is 0 Å². The predicted octanol–water partition coefficient (Wildman–Crippen LogP) is 23.9. The monoisotopic (exact) mass is 1100 g/mol. The Morgan fingerprint density at radius 1 is 0.256 bits per heavy atom. The fourth-order valence-corrected chi connectivity index (χ4v) is 10.6. The number of hydrogen-bond donors (Lipinski definition) is 0. The van der Waals surface area contributed by atoms with Gasteiger partial charge in [0.05, 0.1) is 0 Å². The molecule has 1 unspecified atom stereocenters. The van der Waals surface area contributed by atoms with Gasteiger partial charge in [-0.25, -0.2) is 0 Å². The lowest BCUT2D eigenvalue weighted by molar-refractivity contribution is -0.167. The maximum absolute atomic E-state index is 12.9. The van der Waals surface area contributed by atoms with Gasteiger partial charge in [0.2, 0.25) is 0 Å². The normalized spacial score (nSPS) is 12.2. The van der Waals surface area contributed by atoms with Gasteiger partial charge in [-0.05, 0) is 77.0 Å². The first-order valence-electron chi connectivity index (χ1n) is 35.0. The molecule has 0 spiro atoms. The fraction of sp³-hybridized carbons (Fsp3) is 0.875. The van der Waals surface area contributed by atoms with E-state index in [0.29, 0.717) is 19.3 Å². The molecule has 0 rings (SSSR count). The number of unbranched alkanes of at least 4 members (excludes halogenated alkanes) is 48. The summed E-state index contributed by atoms with van der Waals surface area (Å²) in [5.41, 5.74) is 0. The molecule has 0 aromatic carbocycles. The Balaban J connectivity index is 4.04. The van der Waals surface area contributed by atoms with Crippen LogP contribution in [0.1, 0.15) is 387 Å². The van der Waals surface area contributed by atoms with Crippen LogP contribution in [0.4, 0.5) is 0 Å². The van der Waals surface area contributed by atoms with Gasteiger partial charge >= 0.3 is 17.9 Å². The van der Waals surface area contributed by atoms with Crippen molar-refractivity contribution in [2.75, 3.05) is 13.2 Å². The van der Waals surface area contributed by atoms with E-state index in [2.05, 4.69) is 57.2 Å². The lowest BCUT2D eigenvalue weighted by atomic mass is 10.0. The van der Waals surface area contributed by atoms with Crippen LogP contribution in [0, 0.1) is 0 Å². The minimum absolute atomic E-state index is 0.0674. The zero-order chi connectivity index (χ0) is 56.4. The molecule has 0 aromatic heterocycles. The number of rotatable bonds is 65. The van der Waals surface area contributed by atoms with Gasteiger partial charge in [0.1, 0.15) is 13.2 Å². The summed E-state index contributed by atoms with van der Waals surface area (Å²) in [7, 11) is 0. The minimum atomic E-state index is -0.769. The SMILES string of the molecule is CCCCCCC/C=C\C/C=C\CCCCCCCCCCCCCCCCCCCCCC(=O)OCC(COC(=O)CCCCCCCCCC)OC(=O)CCCCCCCCCCC/C=C\CCCCCCCCCC. The lowest BCUT2D eigenvalue weighted by Gasteiger charge is -2.18. The fourth-order valence-electron chi connectivity index (χ4n) is 10.6. The molecule has 0 bridgehead atoms. The molecule has 0 N–H and O–H groups in total. The summed E-state index contributed by atoms with van der Waals surface area (Å²) in [5, 5.41) is 0. The lowest BCUT2D eigenvalue weighted by Crippen LogP contribution is -2.30. The smallest absolute Gasteiger partial charge is 0.306 e. The van der Waals surface area contributed by atoms with Crippen LogP contribution >= 0.6 is 0 Å². The van der Waals surface area contributed by atoms with Crippen LogP contribution in [0.2, 0.25) is 0 Å². The average molecular weight is 1100 g/mol. The van der Waals surface area contributed by atoms with Crippen molar-refractivity contribution in [1.82, 2.24) is 0 Å². The maximum Gasteiger partial charge on any atom is 0.306 e. The topological polar surface area (TPSA) is 78.9 Å². The van der Waals surface area contributed by atoms with E-state index in [0.717, 1.165) is 64.2 Å². The van der Waals surface area contributed by atoms with Gasteiger partial charge in [-0.2, -0.15) is 0 Å². The van der Waals surface area contributed by atoms with E-state index in [1.165, 1.54) is 283 Å². The highest BCUT2D eigenvalue weighted by atomic mass is 16.6. The van der Waals surface area contributed by atoms with E-state index in [9.17, 15) is 14.4 Å². The first kappa shape index (κ1) is 75.6. The second-order valence-electron chi connectivity index (χ2n) is 23.8. The second kappa shape index (κ2) is 67.1. The number of hydrogen-bond acceptors (Lipinski definition) is 6. The van der Waals surface area contributed by atoms with Crippen molar-refractivity contribution in [3.8, 4) is 0 Å². The van der Waals surface area contributed by atoms with Gasteiger partial charge in [-0.3, -0.25) is 14.4 Å². The highest BCUT2D eigenvalue weighted by Crippen LogP contribution is 2.18. The number of allylic oxidation sites excluding steroid dienone is 6. The molecule has 0 aliphatic carbocycles. The summed E-state index contributed by atoms with van der Waals surface area (Å²) in [5.74, 6) is -0.848. The zero-order valence-electron chi connectivity index (χ0n) is 52.7. The number of ether oxygens (including phenoxy) is 3. The van der Waals surface area contributed by atoms with Crippen LogP contribution in [0.3, 0.4) is 0 Å². The number of carbonyl (C=O) groups excluding carboxylic acids is 3. The Bertz CT molecular complexity index is 1300. The van der Waals surface area contributed by atoms with Gasteiger partial charge in [-0.15, -0.1) is 0 Å². The van der Waals surface area contributed by atoms with E-state index < -0.39 is 6.10 Å². The highest BCUT2D eigenvalue weighted by Gasteiger charge is 2.19. The van der Waals surface area contributed by atoms with Gasteiger partial charge < -0.3 is 14.2 Å². The van der Waals surface area contributed by atoms with E-state index in [-0.39, 0.29) is 31.1 Å². The molecular formula is C72H134O6. The summed E-state index contributed by atoms with van der Waals surface area (Å²) < 4.78 is 16.9. The van der Waals surface area contributed by atoms with Gasteiger partial charge in [0.25, 0.3) is 0 Å². The molecule has 0 aromatic rings. The Hall–Kier alpha value is -2.37. The molecule has 6 heteroatoms. The molecule has 0 fully saturated rings. The highest BCUT2D eigenvalue weighted by molar-refractivity contribution is 5.71. The summed E-state index contributed by atoms with van der Waals surface area (Å²) in [6.07, 6.45) is 83.4. The van der Waals surface area contributed by atoms with Crippen LogP contribution in [-0.2, 0) is 28.6 Å². The molecule has 458 valence electrons. The van der Waals surface area contributed by atoms with Gasteiger partial charge in [-0.1, -0.05) is 327 Å². The predicted molar refractivity (Wildman–Crippen MR) is 339 cm³/mol. The Morgan fingerprint density at radius 2 is 0.462 bits per heavy atom. The van der Waals surface area contributed by atoms with Crippen LogP contribution in [-0.4, -0.2) is 37.2 Å². The molecular weight excluding hydrogens is 961 g/mol. The van der Waals surface area contributed by atoms with Crippen LogP contribution in [0.15, 0.2) is 36.5 Å². The zero-order valence-corrected chi connectivity index (χ0v) is 52.7. The van der Waals surface area contributed by atoms with Gasteiger partial charge in [0.15, 0.2) is 6.10 Å². The van der Waals surface area contributed by atoms with Gasteiger partial charge in [0, 0.05) is 19.3 Å². The quantitative estimate of drug-likeness (QED) is 0.0261. The van der Waals surface area contributed by atoms with Crippen molar-refractivity contribution in [3.63, 3.8) is 0 Å². The Kier molecular flexibility index (Phi) is 65.1. The average Bonchev–Trinajstić information content (AvgIpc) is 3.44. The third-order valence-corrected chi connectivity index (χ3v) is 15.9. The second-order valence-corrected chi connectivity index (χ2v) is 23.8. The Labute approximate surface area is 486 Å².